The second-order valence-electron chi connectivity index (χ2n) is 8.32. The number of benzene rings is 1. The van der Waals surface area contributed by atoms with Gasteiger partial charge in [0.25, 0.3) is 0 Å². The van der Waals surface area contributed by atoms with Crippen molar-refractivity contribution >= 4 is 5.96 Å². The van der Waals surface area contributed by atoms with Gasteiger partial charge in [-0.05, 0) is 44.2 Å². The third-order valence-electron chi connectivity index (χ3n) is 5.75. The molecular weight excluding hydrogens is 352 g/mol. The van der Waals surface area contributed by atoms with Gasteiger partial charge in [-0.15, -0.1) is 0 Å². The van der Waals surface area contributed by atoms with Crippen molar-refractivity contribution in [2.24, 2.45) is 4.99 Å². The van der Waals surface area contributed by atoms with Crippen molar-refractivity contribution in [3.8, 4) is 0 Å². The van der Waals surface area contributed by atoms with E-state index in [2.05, 4.69) is 58.6 Å². The number of nitrogens with zero attached hydrogens (tertiary/aromatic N) is 2. The minimum absolute atomic E-state index is 0.0523. The topological polar surface area (TPSA) is 58.1 Å². The molecule has 0 aliphatic carbocycles. The lowest BCUT2D eigenvalue weighted by atomic mass is 9.94. The third-order valence-corrected chi connectivity index (χ3v) is 5.75. The largest absolute Gasteiger partial charge is 0.379 e. The molecule has 1 saturated heterocycles. The van der Waals surface area contributed by atoms with Crippen LogP contribution >= 0.6 is 0 Å². The summed E-state index contributed by atoms with van der Waals surface area (Å²) in [7, 11) is 1.83. The van der Waals surface area contributed by atoms with Gasteiger partial charge in [0.15, 0.2) is 5.96 Å². The van der Waals surface area contributed by atoms with Gasteiger partial charge in [0.05, 0.1) is 12.7 Å². The van der Waals surface area contributed by atoms with Crippen molar-refractivity contribution in [3.05, 3.63) is 35.4 Å². The van der Waals surface area contributed by atoms with Gasteiger partial charge >= 0.3 is 0 Å². The van der Waals surface area contributed by atoms with Crippen LogP contribution in [-0.2, 0) is 22.4 Å². The Morgan fingerprint density at radius 3 is 2.86 bits per heavy atom. The van der Waals surface area contributed by atoms with Crippen LogP contribution in [0.1, 0.15) is 37.8 Å². The molecule has 2 aliphatic rings. The number of hydrogen-bond donors (Lipinski definition) is 2. The molecule has 1 aromatic rings. The van der Waals surface area contributed by atoms with Crippen LogP contribution in [0.25, 0.3) is 0 Å². The van der Waals surface area contributed by atoms with E-state index in [0.717, 1.165) is 71.2 Å². The molecule has 2 N–H and O–H groups in total. The van der Waals surface area contributed by atoms with Gasteiger partial charge < -0.3 is 20.1 Å². The Balaban J connectivity index is 1.37. The van der Waals surface area contributed by atoms with E-state index < -0.39 is 0 Å². The van der Waals surface area contributed by atoms with Gasteiger partial charge in [0.1, 0.15) is 0 Å². The summed E-state index contributed by atoms with van der Waals surface area (Å²) in [6, 6.07) is 8.80. The quantitative estimate of drug-likeness (QED) is 0.406. The van der Waals surface area contributed by atoms with E-state index >= 15 is 0 Å². The average molecular weight is 389 g/mol. The van der Waals surface area contributed by atoms with Gasteiger partial charge in [-0.2, -0.15) is 0 Å². The van der Waals surface area contributed by atoms with Crippen LogP contribution in [0.3, 0.4) is 0 Å². The molecule has 1 atom stereocenters. The SMILES string of the molecule is CN=C(NCCCOC1CCOC1)NCC(C)(C)N1CCc2ccccc2C1. The molecule has 2 heterocycles. The number of hydrogen-bond acceptors (Lipinski definition) is 4. The van der Waals surface area contributed by atoms with Gasteiger partial charge in [-0.1, -0.05) is 24.3 Å². The molecule has 6 heteroatoms. The molecule has 6 nitrogen and oxygen atoms in total. The Kier molecular flexibility index (Phi) is 7.71. The average Bonchev–Trinajstić information content (AvgIpc) is 3.23. The van der Waals surface area contributed by atoms with Crippen LogP contribution in [0, 0.1) is 0 Å². The summed E-state index contributed by atoms with van der Waals surface area (Å²) in [4.78, 5) is 6.93. The lowest BCUT2D eigenvalue weighted by molar-refractivity contribution is 0.0419. The van der Waals surface area contributed by atoms with Crippen LogP contribution in [0.4, 0.5) is 0 Å². The van der Waals surface area contributed by atoms with E-state index in [-0.39, 0.29) is 11.6 Å². The van der Waals surface area contributed by atoms with Crippen LogP contribution in [0.2, 0.25) is 0 Å². The monoisotopic (exact) mass is 388 g/mol. The predicted octanol–water partition coefficient (Wildman–Crippen LogP) is 2.18. The minimum atomic E-state index is 0.0523. The molecule has 0 amide bonds. The number of guanidine groups is 1. The van der Waals surface area contributed by atoms with Gasteiger partial charge in [-0.25, -0.2) is 0 Å². The molecule has 1 unspecified atom stereocenters. The summed E-state index contributed by atoms with van der Waals surface area (Å²) in [5, 5.41) is 6.89. The number of aliphatic imine (C=N–C) groups is 1. The highest BCUT2D eigenvalue weighted by atomic mass is 16.5. The van der Waals surface area contributed by atoms with Crippen molar-refractivity contribution < 1.29 is 9.47 Å². The summed E-state index contributed by atoms with van der Waals surface area (Å²) < 4.78 is 11.1. The zero-order valence-corrected chi connectivity index (χ0v) is 17.7. The standard InChI is InChI=1S/C22H36N4O2/c1-22(2,26-12-9-18-7-4-5-8-19(18)15-26)17-25-21(23-3)24-11-6-13-28-20-10-14-27-16-20/h4-5,7-8,20H,6,9-17H2,1-3H3,(H2,23,24,25). The van der Waals surface area contributed by atoms with Gasteiger partial charge in [0.2, 0.25) is 0 Å². The Labute approximate surface area is 169 Å². The van der Waals surface area contributed by atoms with E-state index in [9.17, 15) is 0 Å². The number of nitrogens with one attached hydrogen (secondary N) is 2. The normalized spacial score (nSPS) is 20.8. The summed E-state index contributed by atoms with van der Waals surface area (Å²) in [6.45, 7) is 10.8. The molecular formula is C22H36N4O2. The Morgan fingerprint density at radius 1 is 1.29 bits per heavy atom. The molecule has 0 radical (unpaired) electrons. The highest BCUT2D eigenvalue weighted by Crippen LogP contribution is 2.24. The molecule has 0 spiro atoms. The number of fused-ring (bicyclic) bond motifs is 1. The maximum atomic E-state index is 5.81. The van der Waals surface area contributed by atoms with E-state index in [1.165, 1.54) is 11.1 Å². The van der Waals surface area contributed by atoms with Crippen LogP contribution in [-0.4, -0.2) is 69.0 Å². The zero-order chi connectivity index (χ0) is 19.8. The van der Waals surface area contributed by atoms with Crippen LogP contribution in [0.15, 0.2) is 29.3 Å². The lowest BCUT2D eigenvalue weighted by Crippen LogP contribution is -2.54. The second kappa shape index (κ2) is 10.2. The van der Waals surface area contributed by atoms with E-state index in [1.807, 2.05) is 7.05 Å². The minimum Gasteiger partial charge on any atom is -0.379 e. The van der Waals surface area contributed by atoms with Gasteiger partial charge in [-0.3, -0.25) is 9.89 Å². The smallest absolute Gasteiger partial charge is 0.191 e. The molecule has 2 aliphatic heterocycles. The Bertz CT molecular complexity index is 641. The first-order valence-corrected chi connectivity index (χ1v) is 10.5. The highest BCUT2D eigenvalue weighted by molar-refractivity contribution is 5.79. The molecule has 1 aromatic carbocycles. The fraction of sp³-hybridized carbons (Fsp3) is 0.682. The molecule has 3 rings (SSSR count). The number of rotatable bonds is 8. The van der Waals surface area contributed by atoms with Crippen molar-refractivity contribution in [3.63, 3.8) is 0 Å². The molecule has 28 heavy (non-hydrogen) atoms. The van der Waals surface area contributed by atoms with E-state index in [1.54, 1.807) is 0 Å². The third kappa shape index (κ3) is 5.93. The Hall–Kier alpha value is -1.63. The molecule has 0 aromatic heterocycles. The Morgan fingerprint density at radius 2 is 2.11 bits per heavy atom. The summed E-state index contributed by atoms with van der Waals surface area (Å²) in [6.07, 6.45) is 3.39. The van der Waals surface area contributed by atoms with Crippen molar-refractivity contribution in [2.75, 3.05) is 46.5 Å². The predicted molar refractivity (Wildman–Crippen MR) is 114 cm³/mol. The summed E-state index contributed by atoms with van der Waals surface area (Å²) in [5.74, 6) is 0.856. The van der Waals surface area contributed by atoms with Gasteiger partial charge in [0, 0.05) is 52.0 Å². The van der Waals surface area contributed by atoms with Crippen molar-refractivity contribution in [2.45, 2.75) is 51.3 Å². The first-order chi connectivity index (χ1) is 13.6. The fourth-order valence-corrected chi connectivity index (χ4v) is 3.82. The number of ether oxygens (including phenoxy) is 2. The molecule has 0 saturated carbocycles. The summed E-state index contributed by atoms with van der Waals surface area (Å²) >= 11 is 0. The molecule has 1 fully saturated rings. The first kappa shape index (κ1) is 21.1. The zero-order valence-electron chi connectivity index (χ0n) is 17.7. The maximum Gasteiger partial charge on any atom is 0.191 e. The van der Waals surface area contributed by atoms with E-state index in [4.69, 9.17) is 9.47 Å². The van der Waals surface area contributed by atoms with Crippen LogP contribution in [0.5, 0.6) is 0 Å². The summed E-state index contributed by atoms with van der Waals surface area (Å²) in [5.41, 5.74) is 3.00. The van der Waals surface area contributed by atoms with Crippen molar-refractivity contribution in [1.29, 1.82) is 0 Å². The van der Waals surface area contributed by atoms with Crippen molar-refractivity contribution in [1.82, 2.24) is 15.5 Å². The molecule has 0 bridgehead atoms. The van der Waals surface area contributed by atoms with E-state index in [0.29, 0.717) is 0 Å². The highest BCUT2D eigenvalue weighted by Gasteiger charge is 2.29. The second-order valence-corrected chi connectivity index (χ2v) is 8.32. The van der Waals surface area contributed by atoms with Crippen LogP contribution < -0.4 is 10.6 Å². The first-order valence-electron chi connectivity index (χ1n) is 10.5. The molecule has 156 valence electrons. The fourth-order valence-electron chi connectivity index (χ4n) is 3.82. The lowest BCUT2D eigenvalue weighted by Gasteiger charge is -2.42. The maximum absolute atomic E-state index is 5.81.